The van der Waals surface area contributed by atoms with Gasteiger partial charge in [0.1, 0.15) is 0 Å². The molecule has 0 radical (unpaired) electrons. The van der Waals surface area contributed by atoms with Crippen LogP contribution in [-0.4, -0.2) is 46.9 Å². The van der Waals surface area contributed by atoms with E-state index in [4.69, 9.17) is 20.6 Å². The number of rotatable bonds is 4. The molecule has 0 aromatic carbocycles. The summed E-state index contributed by atoms with van der Waals surface area (Å²) in [5.41, 5.74) is 2.38. The molecule has 0 spiro atoms. The Bertz CT molecular complexity index is 502. The Balaban J connectivity index is 2.23. The number of nitriles is 1. The molecule has 9 heteroatoms. The molecule has 0 bridgehead atoms. The molecule has 1 unspecified atom stereocenters. The highest BCUT2D eigenvalue weighted by Crippen LogP contribution is 2.18. The van der Waals surface area contributed by atoms with Crippen LogP contribution < -0.4 is 20.9 Å². The lowest BCUT2D eigenvalue weighted by molar-refractivity contribution is 0.0757. The lowest BCUT2D eigenvalue weighted by Gasteiger charge is -2.29. The lowest BCUT2D eigenvalue weighted by atomic mass is 10.3. The number of hydrazine groups is 1. The number of nitrogens with zero attached hydrogens (tertiary/aromatic N) is 5. The van der Waals surface area contributed by atoms with E-state index in [0.29, 0.717) is 25.6 Å². The first-order valence-corrected chi connectivity index (χ1v) is 6.28. The van der Waals surface area contributed by atoms with Gasteiger partial charge in [-0.15, -0.1) is 0 Å². The van der Waals surface area contributed by atoms with Gasteiger partial charge in [0.15, 0.2) is 6.10 Å². The van der Waals surface area contributed by atoms with Crippen molar-refractivity contribution in [1.29, 1.82) is 5.26 Å². The van der Waals surface area contributed by atoms with E-state index in [2.05, 4.69) is 26.4 Å². The lowest BCUT2D eigenvalue weighted by Crippen LogP contribution is -2.42. The average molecular weight is 279 g/mol. The second-order valence-electron chi connectivity index (χ2n) is 4.49. The van der Waals surface area contributed by atoms with Gasteiger partial charge in [0, 0.05) is 6.54 Å². The van der Waals surface area contributed by atoms with Gasteiger partial charge in [-0.1, -0.05) is 0 Å². The zero-order valence-electron chi connectivity index (χ0n) is 11.4. The molecular weight excluding hydrogens is 262 g/mol. The van der Waals surface area contributed by atoms with Crippen LogP contribution in [0.15, 0.2) is 0 Å². The van der Waals surface area contributed by atoms with Crippen molar-refractivity contribution in [3.05, 3.63) is 0 Å². The molecule has 2 rings (SSSR count). The zero-order valence-corrected chi connectivity index (χ0v) is 11.4. The summed E-state index contributed by atoms with van der Waals surface area (Å²) in [6.45, 7) is 5.17. The van der Waals surface area contributed by atoms with Gasteiger partial charge in [0.05, 0.1) is 25.3 Å². The normalized spacial score (nSPS) is 18.8. The highest BCUT2D eigenvalue weighted by molar-refractivity contribution is 5.38. The molecule has 1 aliphatic rings. The van der Waals surface area contributed by atoms with E-state index in [1.807, 2.05) is 18.7 Å². The van der Waals surface area contributed by atoms with Gasteiger partial charge < -0.3 is 14.4 Å². The topological polar surface area (TPSA) is 122 Å². The number of hydrogen-bond acceptors (Lipinski definition) is 9. The van der Waals surface area contributed by atoms with Crippen LogP contribution in [0.1, 0.15) is 13.8 Å². The zero-order chi connectivity index (χ0) is 14.5. The fourth-order valence-corrected chi connectivity index (χ4v) is 1.72. The Morgan fingerprint density at radius 3 is 2.95 bits per heavy atom. The van der Waals surface area contributed by atoms with Crippen LogP contribution in [0.2, 0.25) is 0 Å². The largest absolute Gasteiger partial charge is 0.461 e. The number of nitrogens with one attached hydrogen (secondary N) is 1. The van der Waals surface area contributed by atoms with Gasteiger partial charge >= 0.3 is 6.01 Å². The number of morpholine rings is 1. The first-order chi connectivity index (χ1) is 9.62. The van der Waals surface area contributed by atoms with Crippen molar-refractivity contribution in [2.24, 2.45) is 5.84 Å². The molecule has 9 nitrogen and oxygen atoms in total. The van der Waals surface area contributed by atoms with E-state index in [-0.39, 0.29) is 18.1 Å². The van der Waals surface area contributed by atoms with Gasteiger partial charge in [0.2, 0.25) is 11.9 Å². The summed E-state index contributed by atoms with van der Waals surface area (Å²) in [5, 5.41) is 8.92. The van der Waals surface area contributed by atoms with Gasteiger partial charge in [-0.25, -0.2) is 5.84 Å². The maximum Gasteiger partial charge on any atom is 0.323 e. The Morgan fingerprint density at radius 2 is 2.30 bits per heavy atom. The number of nitrogens with two attached hydrogens (primary N) is 1. The van der Waals surface area contributed by atoms with E-state index in [1.165, 1.54) is 0 Å². The molecule has 1 aliphatic heterocycles. The minimum atomic E-state index is -0.496. The van der Waals surface area contributed by atoms with Crippen LogP contribution in [0.25, 0.3) is 0 Å². The monoisotopic (exact) mass is 279 g/mol. The molecule has 1 aromatic heterocycles. The van der Waals surface area contributed by atoms with Crippen LogP contribution in [0.3, 0.4) is 0 Å². The Labute approximate surface area is 116 Å². The highest BCUT2D eigenvalue weighted by Gasteiger charge is 2.23. The summed E-state index contributed by atoms with van der Waals surface area (Å²) in [5.74, 6) is 5.97. The van der Waals surface area contributed by atoms with Gasteiger partial charge in [-0.05, 0) is 13.8 Å². The predicted molar refractivity (Wildman–Crippen MR) is 71.0 cm³/mol. The maximum atomic E-state index is 8.92. The fourth-order valence-electron chi connectivity index (χ4n) is 1.72. The summed E-state index contributed by atoms with van der Waals surface area (Å²) in [6.07, 6.45) is -0.559. The molecular formula is C11H17N7O2. The van der Waals surface area contributed by atoms with E-state index < -0.39 is 6.10 Å². The summed E-state index contributed by atoms with van der Waals surface area (Å²) in [4.78, 5) is 14.3. The van der Waals surface area contributed by atoms with Crippen LogP contribution in [0, 0.1) is 11.3 Å². The molecule has 0 aliphatic carbocycles. The van der Waals surface area contributed by atoms with Crippen molar-refractivity contribution in [1.82, 2.24) is 15.0 Å². The Hall–Kier alpha value is -2.18. The van der Waals surface area contributed by atoms with E-state index in [0.717, 1.165) is 0 Å². The third-order valence-corrected chi connectivity index (χ3v) is 2.57. The molecule has 108 valence electrons. The summed E-state index contributed by atoms with van der Waals surface area (Å²) >= 11 is 0. The minimum Gasteiger partial charge on any atom is -0.461 e. The second-order valence-corrected chi connectivity index (χ2v) is 4.49. The number of ether oxygens (including phenoxy) is 2. The first-order valence-electron chi connectivity index (χ1n) is 6.28. The van der Waals surface area contributed by atoms with Crippen LogP contribution in [0.4, 0.5) is 11.9 Å². The average Bonchev–Trinajstić information content (AvgIpc) is 2.46. The van der Waals surface area contributed by atoms with Crippen molar-refractivity contribution >= 4 is 11.9 Å². The number of hydrogen-bond donors (Lipinski definition) is 2. The van der Waals surface area contributed by atoms with Crippen molar-refractivity contribution in [3.63, 3.8) is 0 Å². The minimum absolute atomic E-state index is 0.0626. The molecule has 1 atom stereocenters. The van der Waals surface area contributed by atoms with Gasteiger partial charge in [0.25, 0.3) is 0 Å². The summed E-state index contributed by atoms with van der Waals surface area (Å²) in [7, 11) is 0. The molecule has 2 heterocycles. The number of anilines is 2. The number of nitrogen functional groups attached to an aromatic ring is 1. The maximum absolute atomic E-state index is 8.92. The molecule has 0 amide bonds. The third-order valence-electron chi connectivity index (χ3n) is 2.57. The quantitative estimate of drug-likeness (QED) is 0.563. The summed E-state index contributed by atoms with van der Waals surface area (Å²) in [6, 6.07) is 2.26. The SMILES string of the molecule is CC(C)Oc1nc(NN)nc(N2CCOC(C#N)C2)n1. The van der Waals surface area contributed by atoms with Crippen molar-refractivity contribution in [3.8, 4) is 12.1 Å². The first kappa shape index (κ1) is 14.2. The Morgan fingerprint density at radius 1 is 1.50 bits per heavy atom. The molecule has 1 aromatic rings. The third kappa shape index (κ3) is 3.43. The van der Waals surface area contributed by atoms with E-state index >= 15 is 0 Å². The van der Waals surface area contributed by atoms with Crippen LogP contribution in [-0.2, 0) is 4.74 Å². The summed E-state index contributed by atoms with van der Waals surface area (Å²) < 4.78 is 10.7. The molecule has 0 saturated carbocycles. The predicted octanol–water partition coefficient (Wildman–Crippen LogP) is -0.327. The van der Waals surface area contributed by atoms with Gasteiger partial charge in [-0.2, -0.15) is 20.2 Å². The highest BCUT2D eigenvalue weighted by atomic mass is 16.5. The molecule has 1 saturated heterocycles. The van der Waals surface area contributed by atoms with Gasteiger partial charge in [-0.3, -0.25) is 5.43 Å². The second kappa shape index (κ2) is 6.31. The van der Waals surface area contributed by atoms with Crippen LogP contribution >= 0.6 is 0 Å². The van der Waals surface area contributed by atoms with Crippen molar-refractivity contribution in [2.45, 2.75) is 26.1 Å². The Kier molecular flexibility index (Phi) is 4.49. The van der Waals surface area contributed by atoms with E-state index in [9.17, 15) is 0 Å². The van der Waals surface area contributed by atoms with Crippen LogP contribution in [0.5, 0.6) is 6.01 Å². The van der Waals surface area contributed by atoms with E-state index in [1.54, 1.807) is 0 Å². The molecule has 20 heavy (non-hydrogen) atoms. The number of aromatic nitrogens is 3. The smallest absolute Gasteiger partial charge is 0.323 e. The van der Waals surface area contributed by atoms with Crippen molar-refractivity contribution < 1.29 is 9.47 Å². The molecule has 1 fully saturated rings. The van der Waals surface area contributed by atoms with Crippen molar-refractivity contribution in [2.75, 3.05) is 30.0 Å². The molecule has 3 N–H and O–H groups in total. The standard InChI is InChI=1S/C11H17N7O2/c1-7(2)20-11-15-9(17-13)14-10(16-11)18-3-4-19-8(5-12)6-18/h7-8H,3-4,6,13H2,1-2H3,(H,14,15,16,17). The fraction of sp³-hybridized carbons (Fsp3) is 0.636.